The predicted octanol–water partition coefficient (Wildman–Crippen LogP) is 5.24. The SMILES string of the molecule is Cc1ccccc1NC(=O)c1c(N)n(C(=O)c2ccc(Br)cc2)c2ccccc12. The monoisotopic (exact) mass is 447 g/mol. The minimum atomic E-state index is -0.352. The zero-order valence-electron chi connectivity index (χ0n) is 15.6. The Morgan fingerprint density at radius 2 is 1.59 bits per heavy atom. The lowest BCUT2D eigenvalue weighted by Crippen LogP contribution is -2.18. The highest BCUT2D eigenvalue weighted by Gasteiger charge is 2.24. The number of hydrogen-bond donors (Lipinski definition) is 2. The fraction of sp³-hybridized carbons (Fsp3) is 0.0435. The number of nitrogens with one attached hydrogen (secondary N) is 1. The average molecular weight is 448 g/mol. The summed E-state index contributed by atoms with van der Waals surface area (Å²) in [4.78, 5) is 26.3. The molecule has 6 heteroatoms. The number of rotatable bonds is 3. The van der Waals surface area contributed by atoms with Gasteiger partial charge in [-0.3, -0.25) is 14.2 Å². The average Bonchev–Trinajstić information content (AvgIpc) is 3.01. The Bertz CT molecular complexity index is 1240. The quantitative estimate of drug-likeness (QED) is 0.450. The van der Waals surface area contributed by atoms with Gasteiger partial charge in [0.15, 0.2) is 0 Å². The number of nitrogens with two attached hydrogens (primary N) is 1. The molecule has 3 N–H and O–H groups in total. The molecule has 0 bridgehead atoms. The van der Waals surface area contributed by atoms with Crippen LogP contribution in [0, 0.1) is 6.92 Å². The van der Waals surface area contributed by atoms with Crippen LogP contribution >= 0.6 is 15.9 Å². The highest BCUT2D eigenvalue weighted by Crippen LogP contribution is 2.30. The van der Waals surface area contributed by atoms with E-state index in [9.17, 15) is 9.59 Å². The second-order valence-electron chi connectivity index (χ2n) is 6.69. The molecule has 144 valence electrons. The molecule has 0 fully saturated rings. The normalized spacial score (nSPS) is 10.8. The molecular formula is C23H18BrN3O2. The molecule has 0 unspecified atom stereocenters. The van der Waals surface area contributed by atoms with E-state index in [-0.39, 0.29) is 23.2 Å². The number of anilines is 2. The zero-order valence-corrected chi connectivity index (χ0v) is 17.2. The lowest BCUT2D eigenvalue weighted by molar-refractivity contribution is 0.0967. The Morgan fingerprint density at radius 1 is 0.931 bits per heavy atom. The van der Waals surface area contributed by atoms with Gasteiger partial charge < -0.3 is 11.1 Å². The summed E-state index contributed by atoms with van der Waals surface area (Å²) in [7, 11) is 0. The van der Waals surface area contributed by atoms with Gasteiger partial charge in [0, 0.05) is 21.1 Å². The van der Waals surface area contributed by atoms with E-state index in [1.807, 2.05) is 43.3 Å². The van der Waals surface area contributed by atoms with E-state index in [0.717, 1.165) is 10.0 Å². The second kappa shape index (κ2) is 7.56. The van der Waals surface area contributed by atoms with E-state index in [2.05, 4.69) is 21.2 Å². The first kappa shape index (κ1) is 19.0. The number of para-hydroxylation sites is 2. The van der Waals surface area contributed by atoms with Crippen LogP contribution in [0.2, 0.25) is 0 Å². The molecule has 4 aromatic rings. The number of carbonyl (C=O) groups is 2. The van der Waals surface area contributed by atoms with Crippen molar-refractivity contribution in [2.75, 3.05) is 11.1 Å². The van der Waals surface area contributed by atoms with Crippen LogP contribution in [0.1, 0.15) is 26.3 Å². The minimum Gasteiger partial charge on any atom is -0.384 e. The van der Waals surface area contributed by atoms with Gasteiger partial charge in [-0.2, -0.15) is 0 Å². The number of halogens is 1. The Hall–Kier alpha value is -3.38. The van der Waals surface area contributed by atoms with Crippen molar-refractivity contribution in [3.63, 3.8) is 0 Å². The number of hydrogen-bond acceptors (Lipinski definition) is 3. The predicted molar refractivity (Wildman–Crippen MR) is 119 cm³/mol. The van der Waals surface area contributed by atoms with Gasteiger partial charge in [0.25, 0.3) is 11.8 Å². The van der Waals surface area contributed by atoms with Gasteiger partial charge in [-0.05, 0) is 48.9 Å². The van der Waals surface area contributed by atoms with Crippen molar-refractivity contribution >= 4 is 50.2 Å². The maximum absolute atomic E-state index is 13.2. The van der Waals surface area contributed by atoms with Crippen LogP contribution in [-0.4, -0.2) is 16.4 Å². The first-order chi connectivity index (χ1) is 14.0. The van der Waals surface area contributed by atoms with Crippen LogP contribution in [0.25, 0.3) is 10.9 Å². The number of fused-ring (bicyclic) bond motifs is 1. The molecule has 4 rings (SSSR count). The third kappa shape index (κ3) is 3.43. The minimum absolute atomic E-state index is 0.116. The highest BCUT2D eigenvalue weighted by molar-refractivity contribution is 9.10. The zero-order chi connectivity index (χ0) is 20.5. The van der Waals surface area contributed by atoms with Gasteiger partial charge in [-0.15, -0.1) is 0 Å². The van der Waals surface area contributed by atoms with Gasteiger partial charge in [-0.1, -0.05) is 52.3 Å². The number of aryl methyl sites for hydroxylation is 1. The lowest BCUT2D eigenvalue weighted by atomic mass is 10.1. The molecular weight excluding hydrogens is 430 g/mol. The van der Waals surface area contributed by atoms with Crippen LogP contribution in [0.4, 0.5) is 11.5 Å². The summed E-state index contributed by atoms with van der Waals surface area (Å²) in [5, 5.41) is 3.54. The van der Waals surface area contributed by atoms with Crippen molar-refractivity contribution in [3.05, 3.63) is 94.0 Å². The molecule has 0 spiro atoms. The molecule has 0 radical (unpaired) electrons. The molecule has 1 amide bonds. The molecule has 5 nitrogen and oxygen atoms in total. The van der Waals surface area contributed by atoms with E-state index in [1.54, 1.807) is 36.4 Å². The fourth-order valence-electron chi connectivity index (χ4n) is 3.34. The maximum Gasteiger partial charge on any atom is 0.263 e. The summed E-state index contributed by atoms with van der Waals surface area (Å²) in [6, 6.07) is 21.7. The molecule has 0 saturated carbocycles. The van der Waals surface area contributed by atoms with Crippen LogP contribution in [0.15, 0.2) is 77.3 Å². The molecule has 1 aromatic heterocycles. The second-order valence-corrected chi connectivity index (χ2v) is 7.61. The molecule has 29 heavy (non-hydrogen) atoms. The van der Waals surface area contributed by atoms with Crippen LogP contribution in [0.5, 0.6) is 0 Å². The van der Waals surface area contributed by atoms with Crippen molar-refractivity contribution in [3.8, 4) is 0 Å². The Morgan fingerprint density at radius 3 is 2.31 bits per heavy atom. The Kier molecular flexibility index (Phi) is 4.94. The van der Waals surface area contributed by atoms with Crippen molar-refractivity contribution in [2.24, 2.45) is 0 Å². The Balaban J connectivity index is 1.83. The van der Waals surface area contributed by atoms with E-state index < -0.39 is 0 Å². The Labute approximate surface area is 176 Å². The smallest absolute Gasteiger partial charge is 0.263 e. The van der Waals surface area contributed by atoms with Gasteiger partial charge in [0.05, 0.1) is 11.1 Å². The summed E-state index contributed by atoms with van der Waals surface area (Å²) in [6.07, 6.45) is 0. The molecule has 0 aliphatic carbocycles. The molecule has 0 aliphatic heterocycles. The van der Waals surface area contributed by atoms with Crippen molar-refractivity contribution < 1.29 is 9.59 Å². The van der Waals surface area contributed by atoms with Gasteiger partial charge in [-0.25, -0.2) is 0 Å². The van der Waals surface area contributed by atoms with Gasteiger partial charge in [0.2, 0.25) is 0 Å². The first-order valence-corrected chi connectivity index (χ1v) is 9.83. The fourth-order valence-corrected chi connectivity index (χ4v) is 3.60. The maximum atomic E-state index is 13.2. The van der Waals surface area contributed by atoms with Crippen LogP contribution in [0.3, 0.4) is 0 Å². The van der Waals surface area contributed by atoms with E-state index in [4.69, 9.17) is 5.73 Å². The largest absolute Gasteiger partial charge is 0.384 e. The third-order valence-corrected chi connectivity index (χ3v) is 5.35. The molecule has 0 atom stereocenters. The van der Waals surface area contributed by atoms with Crippen LogP contribution < -0.4 is 11.1 Å². The highest BCUT2D eigenvalue weighted by atomic mass is 79.9. The molecule has 0 saturated heterocycles. The number of carbonyl (C=O) groups excluding carboxylic acids is 2. The van der Waals surface area contributed by atoms with E-state index in [1.165, 1.54) is 4.57 Å². The first-order valence-electron chi connectivity index (χ1n) is 9.03. The summed E-state index contributed by atoms with van der Waals surface area (Å²) in [5.41, 5.74) is 9.34. The van der Waals surface area contributed by atoms with Gasteiger partial charge in [0.1, 0.15) is 5.82 Å². The molecule has 1 heterocycles. The topological polar surface area (TPSA) is 77.1 Å². The number of nitrogen functional groups attached to an aromatic ring is 1. The molecule has 0 aliphatic rings. The summed E-state index contributed by atoms with van der Waals surface area (Å²) in [6.45, 7) is 1.92. The van der Waals surface area contributed by atoms with Crippen molar-refractivity contribution in [2.45, 2.75) is 6.92 Å². The number of amides is 1. The molecule has 3 aromatic carbocycles. The lowest BCUT2D eigenvalue weighted by Gasteiger charge is -2.09. The van der Waals surface area contributed by atoms with E-state index in [0.29, 0.717) is 22.2 Å². The van der Waals surface area contributed by atoms with Crippen molar-refractivity contribution in [1.82, 2.24) is 4.57 Å². The standard InChI is InChI=1S/C23H18BrN3O2/c1-14-6-2-4-8-18(14)26-22(28)20-17-7-3-5-9-19(17)27(21(20)25)23(29)15-10-12-16(24)13-11-15/h2-13H,25H2,1H3,(H,26,28). The summed E-state index contributed by atoms with van der Waals surface area (Å²) < 4.78 is 2.27. The summed E-state index contributed by atoms with van der Waals surface area (Å²) >= 11 is 3.37. The summed E-state index contributed by atoms with van der Waals surface area (Å²) in [5.74, 6) is -0.526. The number of aromatic nitrogens is 1. The number of nitrogens with zero attached hydrogens (tertiary/aromatic N) is 1. The van der Waals surface area contributed by atoms with Gasteiger partial charge >= 0.3 is 0 Å². The van der Waals surface area contributed by atoms with E-state index >= 15 is 0 Å². The number of benzene rings is 3. The van der Waals surface area contributed by atoms with Crippen LogP contribution in [-0.2, 0) is 0 Å². The third-order valence-electron chi connectivity index (χ3n) is 4.83. The van der Waals surface area contributed by atoms with Crippen molar-refractivity contribution in [1.29, 1.82) is 0 Å².